The molecule has 186 valence electrons. The monoisotopic (exact) mass is 534 g/mol. The molecule has 0 aliphatic carbocycles. The van der Waals surface area contributed by atoms with E-state index in [1.54, 1.807) is 17.0 Å². The van der Waals surface area contributed by atoms with Crippen LogP contribution in [0, 0.1) is 6.92 Å². The maximum absolute atomic E-state index is 12.4. The van der Waals surface area contributed by atoms with Crippen LogP contribution in [0.25, 0.3) is 16.9 Å². The van der Waals surface area contributed by atoms with E-state index in [-0.39, 0.29) is 12.1 Å². The summed E-state index contributed by atoms with van der Waals surface area (Å²) in [6.45, 7) is 8.92. The maximum Gasteiger partial charge on any atom is 0.410 e. The number of anilines is 1. The number of nitrogens with zero attached hydrogens (tertiary/aromatic N) is 3. The molecular weight excluding hydrogens is 507 g/mol. The molecule has 9 heteroatoms. The lowest BCUT2D eigenvalue weighted by molar-refractivity contribution is 0.0210. The highest BCUT2D eigenvalue weighted by Gasteiger charge is 2.28. The number of nitrogens with one attached hydrogen (secondary N) is 1. The minimum atomic E-state index is -0.503. The van der Waals surface area contributed by atoms with E-state index < -0.39 is 5.60 Å². The average molecular weight is 536 g/mol. The standard InChI is InChI=1S/C26H29Cl3N4O2/c1-16-23(17-5-7-18(27)8-6-17)33(22-10-9-19(28)15-21(22)29)31-24(16)30-20-11-13-32(14-12-20)25(34)35-26(2,3)4/h5-10,15,20H,11-14H2,1-4H3,(H,30,31). The van der Waals surface area contributed by atoms with E-state index in [1.807, 2.05) is 62.7 Å². The Kier molecular flexibility index (Phi) is 7.55. The molecular formula is C26H29Cl3N4O2. The summed E-state index contributed by atoms with van der Waals surface area (Å²) in [4.78, 5) is 14.2. The summed E-state index contributed by atoms with van der Waals surface area (Å²) in [7, 11) is 0. The first-order valence-electron chi connectivity index (χ1n) is 11.6. The van der Waals surface area contributed by atoms with Crippen LogP contribution < -0.4 is 5.32 Å². The number of carbonyl (C=O) groups excluding carboxylic acids is 1. The Labute approximate surface area is 221 Å². The van der Waals surface area contributed by atoms with Crippen molar-refractivity contribution in [1.29, 1.82) is 0 Å². The molecule has 0 unspecified atom stereocenters. The Bertz CT molecular complexity index is 1210. The molecule has 0 saturated carbocycles. The van der Waals surface area contributed by atoms with Crippen LogP contribution >= 0.6 is 34.8 Å². The van der Waals surface area contributed by atoms with Gasteiger partial charge in [0.05, 0.1) is 16.4 Å². The van der Waals surface area contributed by atoms with Crippen molar-refractivity contribution in [1.82, 2.24) is 14.7 Å². The number of amides is 1. The molecule has 3 aromatic rings. The third-order valence-corrected chi connectivity index (χ3v) is 6.66. The molecule has 1 fully saturated rings. The number of carbonyl (C=O) groups is 1. The Morgan fingerprint density at radius 1 is 1.03 bits per heavy atom. The third-order valence-electron chi connectivity index (χ3n) is 5.87. The average Bonchev–Trinajstić information content (AvgIpc) is 3.09. The van der Waals surface area contributed by atoms with Gasteiger partial charge < -0.3 is 15.0 Å². The van der Waals surface area contributed by atoms with Gasteiger partial charge in [-0.3, -0.25) is 0 Å². The minimum Gasteiger partial charge on any atom is -0.444 e. The largest absolute Gasteiger partial charge is 0.444 e. The highest BCUT2D eigenvalue weighted by Crippen LogP contribution is 2.35. The summed E-state index contributed by atoms with van der Waals surface area (Å²) < 4.78 is 7.36. The Morgan fingerprint density at radius 3 is 2.26 bits per heavy atom. The van der Waals surface area contributed by atoms with Crippen molar-refractivity contribution >= 4 is 46.7 Å². The van der Waals surface area contributed by atoms with E-state index in [2.05, 4.69) is 5.32 Å². The van der Waals surface area contributed by atoms with Gasteiger partial charge in [0.15, 0.2) is 5.82 Å². The van der Waals surface area contributed by atoms with Gasteiger partial charge in [-0.25, -0.2) is 9.48 Å². The van der Waals surface area contributed by atoms with E-state index in [9.17, 15) is 4.79 Å². The van der Waals surface area contributed by atoms with Gasteiger partial charge in [0.25, 0.3) is 0 Å². The fourth-order valence-electron chi connectivity index (χ4n) is 4.13. The first kappa shape index (κ1) is 25.7. The fraction of sp³-hybridized carbons (Fsp3) is 0.385. The van der Waals surface area contributed by atoms with E-state index in [1.165, 1.54) is 0 Å². The quantitative estimate of drug-likeness (QED) is 0.373. The predicted molar refractivity (Wildman–Crippen MR) is 143 cm³/mol. The number of rotatable bonds is 4. The molecule has 1 N–H and O–H groups in total. The lowest BCUT2D eigenvalue weighted by atomic mass is 10.0. The lowest BCUT2D eigenvalue weighted by Crippen LogP contribution is -2.44. The van der Waals surface area contributed by atoms with E-state index in [4.69, 9.17) is 44.6 Å². The molecule has 35 heavy (non-hydrogen) atoms. The predicted octanol–water partition coefficient (Wildman–Crippen LogP) is 7.62. The number of ether oxygens (including phenoxy) is 1. The molecule has 0 bridgehead atoms. The summed E-state index contributed by atoms with van der Waals surface area (Å²) in [6.07, 6.45) is 1.33. The normalized spacial score (nSPS) is 14.8. The molecule has 0 spiro atoms. The van der Waals surface area contributed by atoms with Gasteiger partial charge in [-0.1, -0.05) is 46.9 Å². The molecule has 2 aromatic carbocycles. The van der Waals surface area contributed by atoms with Crippen LogP contribution in [0.3, 0.4) is 0 Å². The van der Waals surface area contributed by atoms with Crippen molar-refractivity contribution in [3.8, 4) is 16.9 Å². The number of piperidine rings is 1. The lowest BCUT2D eigenvalue weighted by Gasteiger charge is -2.33. The number of aromatic nitrogens is 2. The summed E-state index contributed by atoms with van der Waals surface area (Å²) in [5.41, 5.74) is 3.11. The van der Waals surface area contributed by atoms with Gasteiger partial charge in [0.2, 0.25) is 0 Å². The Balaban J connectivity index is 1.60. The molecule has 1 aromatic heterocycles. The zero-order chi connectivity index (χ0) is 25.3. The van der Waals surface area contributed by atoms with Gasteiger partial charge in [-0.2, -0.15) is 0 Å². The molecule has 1 aliphatic heterocycles. The molecule has 1 saturated heterocycles. The van der Waals surface area contributed by atoms with Gasteiger partial charge in [0.1, 0.15) is 5.60 Å². The van der Waals surface area contributed by atoms with Gasteiger partial charge >= 0.3 is 6.09 Å². The van der Waals surface area contributed by atoms with Crippen LogP contribution in [0.2, 0.25) is 15.1 Å². The van der Waals surface area contributed by atoms with Crippen molar-refractivity contribution in [2.24, 2.45) is 0 Å². The second kappa shape index (κ2) is 10.3. The smallest absolute Gasteiger partial charge is 0.410 e. The third kappa shape index (κ3) is 6.05. The first-order chi connectivity index (χ1) is 16.5. The van der Waals surface area contributed by atoms with Crippen LogP contribution in [0.15, 0.2) is 42.5 Å². The summed E-state index contributed by atoms with van der Waals surface area (Å²) >= 11 is 18.8. The summed E-state index contributed by atoms with van der Waals surface area (Å²) in [6, 6.07) is 13.2. The van der Waals surface area contributed by atoms with Crippen LogP contribution in [0.5, 0.6) is 0 Å². The molecule has 6 nitrogen and oxygen atoms in total. The molecule has 0 radical (unpaired) electrons. The van der Waals surface area contributed by atoms with E-state index >= 15 is 0 Å². The van der Waals surface area contributed by atoms with Crippen LogP contribution in [-0.4, -0.2) is 45.5 Å². The fourth-order valence-corrected chi connectivity index (χ4v) is 4.75. The Morgan fingerprint density at radius 2 is 1.66 bits per heavy atom. The number of benzene rings is 2. The van der Waals surface area contributed by atoms with Crippen molar-refractivity contribution in [3.05, 3.63) is 63.1 Å². The number of likely N-dealkylation sites (tertiary alicyclic amines) is 1. The van der Waals surface area contributed by atoms with Crippen molar-refractivity contribution < 1.29 is 9.53 Å². The van der Waals surface area contributed by atoms with E-state index in [0.717, 1.165) is 41.2 Å². The van der Waals surface area contributed by atoms with Gasteiger partial charge in [-0.05, 0) is 70.9 Å². The number of hydrogen-bond acceptors (Lipinski definition) is 4. The number of hydrogen-bond donors (Lipinski definition) is 1. The molecule has 4 rings (SSSR count). The highest BCUT2D eigenvalue weighted by molar-refractivity contribution is 6.35. The van der Waals surface area contributed by atoms with Crippen LogP contribution in [0.1, 0.15) is 39.2 Å². The molecule has 1 amide bonds. The SMILES string of the molecule is Cc1c(NC2CCN(C(=O)OC(C)(C)C)CC2)nn(-c2ccc(Cl)cc2Cl)c1-c1ccc(Cl)cc1. The van der Waals surface area contributed by atoms with Gasteiger partial charge in [0, 0.05) is 40.3 Å². The zero-order valence-electron chi connectivity index (χ0n) is 20.2. The van der Waals surface area contributed by atoms with E-state index in [0.29, 0.717) is 28.2 Å². The zero-order valence-corrected chi connectivity index (χ0v) is 22.5. The van der Waals surface area contributed by atoms with Crippen molar-refractivity contribution in [2.75, 3.05) is 18.4 Å². The topological polar surface area (TPSA) is 59.4 Å². The summed E-state index contributed by atoms with van der Waals surface area (Å²) in [5.74, 6) is 0.775. The maximum atomic E-state index is 12.4. The van der Waals surface area contributed by atoms with Crippen LogP contribution in [-0.2, 0) is 4.74 Å². The summed E-state index contributed by atoms with van der Waals surface area (Å²) in [5, 5.41) is 10.2. The second-order valence-corrected chi connectivity index (χ2v) is 11.0. The first-order valence-corrected chi connectivity index (χ1v) is 12.7. The molecule has 1 aliphatic rings. The molecule has 2 heterocycles. The Hall–Kier alpha value is -2.41. The van der Waals surface area contributed by atoms with Crippen molar-refractivity contribution in [3.63, 3.8) is 0 Å². The second-order valence-electron chi connectivity index (χ2n) is 9.72. The molecule has 0 atom stereocenters. The minimum absolute atomic E-state index is 0.175. The number of halogens is 3. The highest BCUT2D eigenvalue weighted by atomic mass is 35.5. The van der Waals surface area contributed by atoms with Crippen LogP contribution in [0.4, 0.5) is 10.6 Å². The van der Waals surface area contributed by atoms with Gasteiger partial charge in [-0.15, -0.1) is 5.10 Å². The van der Waals surface area contributed by atoms with Crippen molar-refractivity contribution in [2.45, 2.75) is 52.2 Å².